The number of oxime groups is 1. The van der Waals surface area contributed by atoms with Crippen LogP contribution in [0.1, 0.15) is 12.5 Å². The summed E-state index contributed by atoms with van der Waals surface area (Å²) in [5.41, 5.74) is 7.47. The van der Waals surface area contributed by atoms with E-state index in [2.05, 4.69) is 5.16 Å². The molecule has 0 aromatic heterocycles. The number of amidine groups is 1. The van der Waals surface area contributed by atoms with Gasteiger partial charge in [0.2, 0.25) is 5.91 Å². The van der Waals surface area contributed by atoms with Gasteiger partial charge in [0, 0.05) is 19.0 Å². The largest absolute Gasteiger partial charge is 0.409 e. The predicted molar refractivity (Wildman–Crippen MR) is 60.5 cm³/mol. The Hall–Kier alpha value is -2.04. The molecule has 1 aromatic rings. The van der Waals surface area contributed by atoms with Gasteiger partial charge in [-0.1, -0.05) is 23.4 Å². The minimum Gasteiger partial charge on any atom is -0.409 e. The topological polar surface area (TPSA) is 78.9 Å². The Morgan fingerprint density at radius 3 is 2.88 bits per heavy atom. The van der Waals surface area contributed by atoms with Gasteiger partial charge in [0.25, 0.3) is 0 Å². The number of hydrogen-bond acceptors (Lipinski definition) is 3. The summed E-state index contributed by atoms with van der Waals surface area (Å²) >= 11 is 0. The Morgan fingerprint density at radius 2 is 2.25 bits per heavy atom. The summed E-state index contributed by atoms with van der Waals surface area (Å²) in [6.07, 6.45) is 0.589. The third-order valence-corrected chi connectivity index (χ3v) is 2.77. The van der Waals surface area contributed by atoms with Crippen LogP contribution in [0, 0.1) is 0 Å². The number of carbonyl (C=O) groups is 1. The number of fused-ring (bicyclic) bond motifs is 1. The second-order valence-corrected chi connectivity index (χ2v) is 3.76. The highest BCUT2D eigenvalue weighted by Gasteiger charge is 2.34. The molecule has 1 heterocycles. The van der Waals surface area contributed by atoms with Crippen LogP contribution >= 0.6 is 0 Å². The molecule has 1 aliphatic heterocycles. The predicted octanol–water partition coefficient (Wildman–Crippen LogP) is 0.711. The second-order valence-electron chi connectivity index (χ2n) is 3.76. The molecule has 2 rings (SSSR count). The molecule has 0 aliphatic carbocycles. The van der Waals surface area contributed by atoms with E-state index >= 15 is 0 Å². The first-order valence-corrected chi connectivity index (χ1v) is 5.00. The van der Waals surface area contributed by atoms with E-state index in [1.165, 1.54) is 6.92 Å². The molecule has 1 aliphatic rings. The molecule has 0 saturated heterocycles. The molecule has 1 atom stereocenters. The van der Waals surface area contributed by atoms with Crippen LogP contribution in [0.2, 0.25) is 0 Å². The molecule has 0 bridgehead atoms. The van der Waals surface area contributed by atoms with Crippen LogP contribution < -0.4 is 10.6 Å². The maximum Gasteiger partial charge on any atom is 0.224 e. The van der Waals surface area contributed by atoms with Gasteiger partial charge < -0.3 is 15.8 Å². The molecule has 0 radical (unpaired) electrons. The first-order valence-electron chi connectivity index (χ1n) is 5.00. The lowest BCUT2D eigenvalue weighted by atomic mass is 10.1. The maximum atomic E-state index is 11.6. The molecular weight excluding hydrogens is 206 g/mol. The van der Waals surface area contributed by atoms with Crippen molar-refractivity contribution in [3.8, 4) is 0 Å². The van der Waals surface area contributed by atoms with Crippen molar-refractivity contribution >= 4 is 17.4 Å². The van der Waals surface area contributed by atoms with Crippen LogP contribution in [0.4, 0.5) is 5.69 Å². The van der Waals surface area contributed by atoms with Gasteiger partial charge in [0.1, 0.15) is 6.04 Å². The van der Waals surface area contributed by atoms with Crippen molar-refractivity contribution in [2.45, 2.75) is 19.4 Å². The van der Waals surface area contributed by atoms with E-state index in [4.69, 9.17) is 10.9 Å². The second kappa shape index (κ2) is 3.84. The lowest BCUT2D eigenvalue weighted by molar-refractivity contribution is -0.116. The Morgan fingerprint density at radius 1 is 1.56 bits per heavy atom. The molecule has 0 fully saturated rings. The third kappa shape index (κ3) is 1.50. The first-order chi connectivity index (χ1) is 7.65. The summed E-state index contributed by atoms with van der Waals surface area (Å²) in [6, 6.07) is 7.20. The summed E-state index contributed by atoms with van der Waals surface area (Å²) in [4.78, 5) is 13.1. The summed E-state index contributed by atoms with van der Waals surface area (Å²) in [6.45, 7) is 1.47. The lowest BCUT2D eigenvalue weighted by Crippen LogP contribution is -2.45. The van der Waals surface area contributed by atoms with Crippen LogP contribution in [0.25, 0.3) is 0 Å². The highest BCUT2D eigenvalue weighted by Crippen LogP contribution is 2.31. The van der Waals surface area contributed by atoms with Gasteiger partial charge in [-0.15, -0.1) is 0 Å². The zero-order valence-corrected chi connectivity index (χ0v) is 8.92. The summed E-state index contributed by atoms with van der Waals surface area (Å²) in [7, 11) is 0. The van der Waals surface area contributed by atoms with Crippen molar-refractivity contribution in [2.24, 2.45) is 10.9 Å². The minimum atomic E-state index is -0.375. The van der Waals surface area contributed by atoms with Gasteiger partial charge in [0.05, 0.1) is 0 Å². The number of nitrogens with zero attached hydrogens (tertiary/aromatic N) is 2. The van der Waals surface area contributed by atoms with E-state index in [1.54, 1.807) is 4.90 Å². The molecule has 1 unspecified atom stereocenters. The third-order valence-electron chi connectivity index (χ3n) is 2.77. The number of para-hydroxylation sites is 1. The smallest absolute Gasteiger partial charge is 0.224 e. The van der Waals surface area contributed by atoms with E-state index < -0.39 is 0 Å². The van der Waals surface area contributed by atoms with E-state index in [1.807, 2.05) is 24.3 Å². The van der Waals surface area contributed by atoms with Crippen molar-refractivity contribution in [3.63, 3.8) is 0 Å². The molecule has 1 amide bonds. The number of hydrogen-bond donors (Lipinski definition) is 2. The molecule has 5 nitrogen and oxygen atoms in total. The number of nitrogens with two attached hydrogens (primary N) is 1. The highest BCUT2D eigenvalue weighted by molar-refractivity contribution is 6.03. The Labute approximate surface area is 93.2 Å². The van der Waals surface area contributed by atoms with E-state index in [9.17, 15) is 4.79 Å². The van der Waals surface area contributed by atoms with Crippen molar-refractivity contribution in [3.05, 3.63) is 29.8 Å². The van der Waals surface area contributed by atoms with E-state index in [-0.39, 0.29) is 17.8 Å². The average molecular weight is 219 g/mol. The summed E-state index contributed by atoms with van der Waals surface area (Å²) < 4.78 is 0. The highest BCUT2D eigenvalue weighted by atomic mass is 16.4. The van der Waals surface area contributed by atoms with Crippen LogP contribution in [0.3, 0.4) is 0 Å². The summed E-state index contributed by atoms with van der Waals surface area (Å²) in [5.74, 6) is -0.0482. The SMILES string of the molecule is CC(=O)N1c2ccccc2CC1/C(N)=N/O. The monoisotopic (exact) mass is 219 g/mol. The van der Waals surface area contributed by atoms with Crippen LogP contribution in [-0.4, -0.2) is 23.0 Å². The molecule has 84 valence electrons. The zero-order valence-electron chi connectivity index (χ0n) is 8.92. The Balaban J connectivity index is 2.45. The molecule has 5 heteroatoms. The maximum absolute atomic E-state index is 11.6. The fourth-order valence-corrected chi connectivity index (χ4v) is 2.08. The fourth-order valence-electron chi connectivity index (χ4n) is 2.08. The lowest BCUT2D eigenvalue weighted by Gasteiger charge is -2.22. The molecule has 0 saturated carbocycles. The summed E-state index contributed by atoms with van der Waals surface area (Å²) in [5, 5.41) is 11.7. The van der Waals surface area contributed by atoms with Gasteiger partial charge in [-0.25, -0.2) is 0 Å². The minimum absolute atomic E-state index is 0.0615. The molecule has 3 N–H and O–H groups in total. The van der Waals surface area contributed by atoms with Gasteiger partial charge >= 0.3 is 0 Å². The van der Waals surface area contributed by atoms with Crippen LogP contribution in [0.5, 0.6) is 0 Å². The van der Waals surface area contributed by atoms with Crippen LogP contribution in [-0.2, 0) is 11.2 Å². The first kappa shape index (κ1) is 10.5. The Kier molecular flexibility index (Phi) is 2.52. The number of anilines is 1. The van der Waals surface area contributed by atoms with Gasteiger partial charge in [-0.05, 0) is 11.6 Å². The Bertz CT molecular complexity index is 456. The quantitative estimate of drug-likeness (QED) is 0.316. The molecule has 16 heavy (non-hydrogen) atoms. The zero-order chi connectivity index (χ0) is 11.7. The van der Waals surface area contributed by atoms with Crippen LogP contribution in [0.15, 0.2) is 29.4 Å². The van der Waals surface area contributed by atoms with Gasteiger partial charge in [0.15, 0.2) is 5.84 Å². The fraction of sp³-hybridized carbons (Fsp3) is 0.273. The van der Waals surface area contributed by atoms with E-state index in [0.29, 0.717) is 6.42 Å². The van der Waals surface area contributed by atoms with Crippen molar-refractivity contribution in [1.29, 1.82) is 0 Å². The number of amides is 1. The van der Waals surface area contributed by atoms with E-state index in [0.717, 1.165) is 11.3 Å². The molecule has 1 aromatic carbocycles. The molecular formula is C11H13N3O2. The number of carbonyl (C=O) groups excluding carboxylic acids is 1. The standard InChI is InChI=1S/C11H13N3O2/c1-7(15)14-9-5-3-2-4-8(9)6-10(14)11(12)13-16/h2-5,10,16H,6H2,1H3,(H2,12,13). The number of rotatable bonds is 1. The van der Waals surface area contributed by atoms with Gasteiger partial charge in [-0.3, -0.25) is 4.79 Å². The van der Waals surface area contributed by atoms with Gasteiger partial charge in [-0.2, -0.15) is 0 Å². The van der Waals surface area contributed by atoms with Crippen molar-refractivity contribution in [1.82, 2.24) is 0 Å². The molecule has 0 spiro atoms. The van der Waals surface area contributed by atoms with Crippen molar-refractivity contribution < 1.29 is 10.0 Å². The number of benzene rings is 1. The normalized spacial score (nSPS) is 19.7. The van der Waals surface area contributed by atoms with Crippen molar-refractivity contribution in [2.75, 3.05) is 4.90 Å². The average Bonchev–Trinajstić information content (AvgIpc) is 2.67.